The third-order valence-electron chi connectivity index (χ3n) is 5.02. The second-order valence-corrected chi connectivity index (χ2v) is 8.40. The highest BCUT2D eigenvalue weighted by molar-refractivity contribution is 7.76. The molecule has 0 amide bonds. The second kappa shape index (κ2) is 8.68. The van der Waals surface area contributed by atoms with Crippen LogP contribution in [0.5, 0.6) is 0 Å². The molecule has 4 unspecified atom stereocenters. The van der Waals surface area contributed by atoms with Crippen molar-refractivity contribution in [3.63, 3.8) is 0 Å². The molecule has 1 fully saturated rings. The van der Waals surface area contributed by atoms with Gasteiger partial charge in [-0.15, -0.1) is 0 Å². The molecule has 1 saturated heterocycles. The van der Waals surface area contributed by atoms with E-state index in [0.717, 1.165) is 6.42 Å². The average molecular weight is 411 g/mol. The van der Waals surface area contributed by atoms with E-state index < -0.39 is 17.4 Å². The molecule has 1 aliphatic rings. The highest BCUT2D eigenvalue weighted by Gasteiger charge is 2.25. The first-order valence-corrected chi connectivity index (χ1v) is 10.6. The van der Waals surface area contributed by atoms with Crippen LogP contribution < -0.4 is 10.6 Å². The molecule has 1 aliphatic heterocycles. The maximum atomic E-state index is 11.2. The maximum Gasteiger partial charge on any atom is 0.227 e. The van der Waals surface area contributed by atoms with Gasteiger partial charge in [-0.25, -0.2) is 9.29 Å². The van der Waals surface area contributed by atoms with Crippen LogP contribution in [0, 0.1) is 0 Å². The lowest BCUT2D eigenvalue weighted by Crippen LogP contribution is -2.32. The minimum atomic E-state index is -2.22. The van der Waals surface area contributed by atoms with Gasteiger partial charge in [0.15, 0.2) is 17.0 Å². The first-order valence-electron chi connectivity index (χ1n) is 9.60. The zero-order valence-corrected chi connectivity index (χ0v) is 17.4. The Morgan fingerprint density at radius 1 is 1.39 bits per heavy atom. The maximum absolute atomic E-state index is 11.2. The highest BCUT2D eigenvalue weighted by atomic mass is 32.2. The van der Waals surface area contributed by atoms with Crippen LogP contribution in [-0.4, -0.2) is 69.0 Å². The lowest BCUT2D eigenvalue weighted by molar-refractivity contribution is 0.169. The fourth-order valence-electron chi connectivity index (χ4n) is 3.36. The van der Waals surface area contributed by atoms with Crippen LogP contribution >= 0.6 is 0 Å². The van der Waals surface area contributed by atoms with Crippen molar-refractivity contribution >= 4 is 34.2 Å². The smallest absolute Gasteiger partial charge is 0.227 e. The van der Waals surface area contributed by atoms with Gasteiger partial charge in [-0.2, -0.15) is 9.97 Å². The van der Waals surface area contributed by atoms with Crippen LogP contribution in [0.4, 0.5) is 11.8 Å². The Morgan fingerprint density at radius 2 is 2.14 bits per heavy atom. The standard InChI is InChI=1S/C17H29N7O3S/c1-5-13(11(4)25)20-17-21-15(19-12-6-7-23(8-12)28(26)27)14-16(22-17)24(9-18-14)10(2)3/h9-13,25H,5-8H2,1-4H3,(H,26,27)(H2,19,20,21,22)/p-1. The van der Waals surface area contributed by atoms with E-state index in [-0.39, 0.29) is 18.1 Å². The first kappa shape index (κ1) is 20.9. The number of nitrogens with one attached hydrogen (secondary N) is 2. The van der Waals surface area contributed by atoms with Crippen molar-refractivity contribution in [1.29, 1.82) is 0 Å². The van der Waals surface area contributed by atoms with Gasteiger partial charge in [0.05, 0.1) is 18.5 Å². The molecule has 0 bridgehead atoms. The number of nitrogens with zero attached hydrogens (tertiary/aromatic N) is 5. The number of rotatable bonds is 8. The van der Waals surface area contributed by atoms with Crippen LogP contribution in [-0.2, 0) is 11.3 Å². The van der Waals surface area contributed by atoms with Crippen molar-refractivity contribution < 1.29 is 13.9 Å². The van der Waals surface area contributed by atoms with Crippen LogP contribution in [0.15, 0.2) is 6.33 Å². The van der Waals surface area contributed by atoms with E-state index in [4.69, 9.17) is 0 Å². The van der Waals surface area contributed by atoms with E-state index in [1.165, 1.54) is 4.31 Å². The molecule has 2 aromatic heterocycles. The van der Waals surface area contributed by atoms with Gasteiger partial charge >= 0.3 is 0 Å². The number of hydrogen-bond acceptors (Lipinski definition) is 8. The summed E-state index contributed by atoms with van der Waals surface area (Å²) in [6.45, 7) is 8.68. The summed E-state index contributed by atoms with van der Waals surface area (Å²) in [7, 11) is 0. The summed E-state index contributed by atoms with van der Waals surface area (Å²) in [5.74, 6) is 0.975. The Kier molecular flexibility index (Phi) is 6.48. The number of imidazole rings is 1. The van der Waals surface area contributed by atoms with Crippen molar-refractivity contribution in [3.05, 3.63) is 6.33 Å². The number of fused-ring (bicyclic) bond motifs is 1. The van der Waals surface area contributed by atoms with Crippen molar-refractivity contribution in [2.24, 2.45) is 0 Å². The molecule has 10 nitrogen and oxygen atoms in total. The molecular formula is C17H28N7O3S-. The van der Waals surface area contributed by atoms with Gasteiger partial charge in [-0.1, -0.05) is 6.92 Å². The molecule has 4 atom stereocenters. The molecule has 3 heterocycles. The molecule has 0 aromatic carbocycles. The third-order valence-corrected chi connectivity index (χ3v) is 5.77. The number of aliphatic hydroxyl groups excluding tert-OH is 1. The summed E-state index contributed by atoms with van der Waals surface area (Å²) in [6.07, 6.45) is 2.60. The van der Waals surface area contributed by atoms with Gasteiger partial charge in [0.25, 0.3) is 0 Å². The van der Waals surface area contributed by atoms with Crippen molar-refractivity contribution in [1.82, 2.24) is 23.8 Å². The summed E-state index contributed by atoms with van der Waals surface area (Å²) in [6, 6.07) is -0.0541. The molecular weight excluding hydrogens is 382 g/mol. The van der Waals surface area contributed by atoms with Crippen LogP contribution in [0.3, 0.4) is 0 Å². The lowest BCUT2D eigenvalue weighted by Gasteiger charge is -2.21. The lowest BCUT2D eigenvalue weighted by atomic mass is 10.1. The topological polar surface area (TPSA) is 131 Å². The molecule has 0 spiro atoms. The number of aliphatic hydroxyl groups is 1. The van der Waals surface area contributed by atoms with E-state index in [1.54, 1.807) is 13.3 Å². The normalized spacial score (nSPS) is 21.2. The van der Waals surface area contributed by atoms with E-state index in [1.807, 2.05) is 25.3 Å². The third kappa shape index (κ3) is 4.43. The Morgan fingerprint density at radius 3 is 2.71 bits per heavy atom. The molecule has 3 N–H and O–H groups in total. The number of aromatic nitrogens is 4. The summed E-state index contributed by atoms with van der Waals surface area (Å²) in [5.41, 5.74) is 1.34. The van der Waals surface area contributed by atoms with Gasteiger partial charge < -0.3 is 24.9 Å². The number of hydrogen-bond donors (Lipinski definition) is 3. The van der Waals surface area contributed by atoms with Gasteiger partial charge in [0.1, 0.15) is 0 Å². The molecule has 2 aromatic rings. The first-order chi connectivity index (χ1) is 13.3. The van der Waals surface area contributed by atoms with Crippen LogP contribution in [0.25, 0.3) is 11.2 Å². The molecule has 0 saturated carbocycles. The fourth-order valence-corrected chi connectivity index (χ4v) is 3.92. The van der Waals surface area contributed by atoms with Gasteiger partial charge in [-0.3, -0.25) is 4.21 Å². The minimum absolute atomic E-state index is 0.0493. The highest BCUT2D eigenvalue weighted by Crippen LogP contribution is 2.26. The molecule has 0 radical (unpaired) electrons. The monoisotopic (exact) mass is 410 g/mol. The predicted molar refractivity (Wildman–Crippen MR) is 108 cm³/mol. The van der Waals surface area contributed by atoms with E-state index >= 15 is 0 Å². The van der Waals surface area contributed by atoms with Crippen molar-refractivity contribution in [2.45, 2.75) is 64.8 Å². The molecule has 28 heavy (non-hydrogen) atoms. The summed E-state index contributed by atoms with van der Waals surface area (Å²) in [4.78, 5) is 13.7. The molecule has 11 heteroatoms. The molecule has 0 aliphatic carbocycles. The molecule has 3 rings (SSSR count). The zero-order valence-electron chi connectivity index (χ0n) is 16.6. The van der Waals surface area contributed by atoms with Crippen molar-refractivity contribution in [2.75, 3.05) is 23.7 Å². The number of anilines is 2. The van der Waals surface area contributed by atoms with Crippen molar-refractivity contribution in [3.8, 4) is 0 Å². The van der Waals surface area contributed by atoms with E-state index in [0.29, 0.717) is 42.4 Å². The Hall–Kier alpha value is -1.82. The summed E-state index contributed by atoms with van der Waals surface area (Å²) < 4.78 is 25.7. The van der Waals surface area contributed by atoms with E-state index in [2.05, 4.69) is 25.6 Å². The summed E-state index contributed by atoms with van der Waals surface area (Å²) >= 11 is -2.22. The Balaban J connectivity index is 1.94. The van der Waals surface area contributed by atoms with Gasteiger partial charge in [0.2, 0.25) is 5.95 Å². The fraction of sp³-hybridized carbons (Fsp3) is 0.706. The van der Waals surface area contributed by atoms with Gasteiger partial charge in [-0.05, 0) is 33.6 Å². The Bertz CT molecular complexity index is 842. The SMILES string of the molecule is CCC(Nc1nc(NC2CCN(S(=O)[O-])C2)c2ncn(C(C)C)c2n1)C(C)O. The largest absolute Gasteiger partial charge is 0.760 e. The second-order valence-electron chi connectivity index (χ2n) is 7.45. The zero-order chi connectivity index (χ0) is 20.4. The predicted octanol–water partition coefficient (Wildman–Crippen LogP) is 1.26. The minimum Gasteiger partial charge on any atom is -0.760 e. The quantitative estimate of drug-likeness (QED) is 0.554. The Labute approximate surface area is 167 Å². The molecule has 156 valence electrons. The van der Waals surface area contributed by atoms with Crippen LogP contribution in [0.2, 0.25) is 0 Å². The average Bonchev–Trinajstić information content (AvgIpc) is 3.26. The van der Waals surface area contributed by atoms with Crippen LogP contribution in [0.1, 0.15) is 46.6 Å². The van der Waals surface area contributed by atoms with E-state index in [9.17, 15) is 13.9 Å². The van der Waals surface area contributed by atoms with Gasteiger partial charge in [0, 0.05) is 36.4 Å². The summed E-state index contributed by atoms with van der Waals surface area (Å²) in [5, 5.41) is 16.5.